The number of nitrogens with zero attached hydrogens (tertiary/aromatic N) is 1. The number of carbonyl (C=O) groups is 1. The van der Waals surface area contributed by atoms with Gasteiger partial charge in [0.1, 0.15) is 11.6 Å². The Hall–Kier alpha value is -2.63. The summed E-state index contributed by atoms with van der Waals surface area (Å²) < 4.78 is 21.0. The molecule has 7 nitrogen and oxygen atoms in total. The maximum absolute atomic E-state index is 13.8. The quantitative estimate of drug-likeness (QED) is 0.251. The number of nitro groups is 1. The summed E-state index contributed by atoms with van der Waals surface area (Å²) in [6, 6.07) is 12.3. The van der Waals surface area contributed by atoms with Crippen LogP contribution < -0.4 is 15.4 Å². The molecule has 0 saturated carbocycles. The molecule has 0 saturated heterocycles. The summed E-state index contributed by atoms with van der Waals surface area (Å²) in [4.78, 5) is 22.2. The number of halogens is 3. The van der Waals surface area contributed by atoms with Crippen LogP contribution in [-0.2, 0) is 4.79 Å². The number of nitrogens with one attached hydrogen (secondary N) is 2. The predicted molar refractivity (Wildman–Crippen MR) is 122 cm³/mol. The molecule has 11 heteroatoms. The number of rotatable bonds is 5. The van der Waals surface area contributed by atoms with Gasteiger partial charge in [-0.05, 0) is 63.2 Å². The van der Waals surface area contributed by atoms with Gasteiger partial charge in [-0.1, -0.05) is 28.1 Å². The normalized spacial score (nSPS) is 10.5. The van der Waals surface area contributed by atoms with Gasteiger partial charge < -0.3 is 10.1 Å². The molecule has 0 aromatic heterocycles. The molecule has 0 bridgehead atoms. The average Bonchev–Trinajstić information content (AvgIpc) is 2.68. The molecule has 1 amide bonds. The molecule has 0 aliphatic carbocycles. The van der Waals surface area contributed by atoms with E-state index in [-0.39, 0.29) is 23.1 Å². The smallest absolute Gasteiger partial charge is 0.271 e. The summed E-state index contributed by atoms with van der Waals surface area (Å²) in [5.41, 5.74) is -0.539. The molecule has 0 unspecified atom stereocenters. The van der Waals surface area contributed by atoms with Crippen molar-refractivity contribution in [2.24, 2.45) is 0 Å². The molecule has 0 aliphatic heterocycles. The van der Waals surface area contributed by atoms with Crippen molar-refractivity contribution in [1.82, 2.24) is 5.32 Å². The summed E-state index contributed by atoms with van der Waals surface area (Å²) in [5.74, 6) is -0.870. The number of anilines is 1. The van der Waals surface area contributed by atoms with Crippen LogP contribution in [0.25, 0.3) is 10.8 Å². The molecule has 154 valence electrons. The molecule has 0 atom stereocenters. The number of hydrogen-bond acceptors (Lipinski definition) is 5. The lowest BCUT2D eigenvalue weighted by atomic mass is 10.1. The topological polar surface area (TPSA) is 93.5 Å². The van der Waals surface area contributed by atoms with Crippen molar-refractivity contribution in [3.63, 3.8) is 0 Å². The Morgan fingerprint density at radius 1 is 1.17 bits per heavy atom. The minimum Gasteiger partial charge on any atom is -0.483 e. The first-order chi connectivity index (χ1) is 14.2. The average molecular weight is 557 g/mol. The lowest BCUT2D eigenvalue weighted by Crippen LogP contribution is -2.37. The number of nitro benzene ring substituents is 1. The Morgan fingerprint density at radius 3 is 2.67 bits per heavy atom. The summed E-state index contributed by atoms with van der Waals surface area (Å²) in [6.45, 7) is -0.347. The van der Waals surface area contributed by atoms with E-state index in [0.29, 0.717) is 10.2 Å². The van der Waals surface area contributed by atoms with Crippen molar-refractivity contribution >= 4 is 77.2 Å². The molecule has 2 N–H and O–H groups in total. The Bertz CT molecular complexity index is 1180. The van der Waals surface area contributed by atoms with Crippen molar-refractivity contribution in [2.75, 3.05) is 11.9 Å². The Kier molecular flexibility index (Phi) is 6.95. The highest BCUT2D eigenvalue weighted by Gasteiger charge is 2.14. The molecule has 0 radical (unpaired) electrons. The first kappa shape index (κ1) is 22.1. The van der Waals surface area contributed by atoms with Gasteiger partial charge in [-0.3, -0.25) is 20.2 Å². The second-order valence-corrected chi connectivity index (χ2v) is 8.07. The van der Waals surface area contributed by atoms with Crippen molar-refractivity contribution in [1.29, 1.82) is 0 Å². The summed E-state index contributed by atoms with van der Waals surface area (Å²) in [6.07, 6.45) is 0. The van der Waals surface area contributed by atoms with Crippen LogP contribution in [0.4, 0.5) is 15.8 Å². The summed E-state index contributed by atoms with van der Waals surface area (Å²) in [7, 11) is 0. The Balaban J connectivity index is 1.61. The lowest BCUT2D eigenvalue weighted by molar-refractivity contribution is -0.384. The van der Waals surface area contributed by atoms with Crippen LogP contribution in [0.3, 0.4) is 0 Å². The third-order valence-corrected chi connectivity index (χ3v) is 5.42. The van der Waals surface area contributed by atoms with Crippen molar-refractivity contribution in [2.45, 2.75) is 0 Å². The lowest BCUT2D eigenvalue weighted by Gasteiger charge is -2.12. The molecule has 3 rings (SSSR count). The van der Waals surface area contributed by atoms with Crippen LogP contribution in [0, 0.1) is 15.9 Å². The van der Waals surface area contributed by atoms with Gasteiger partial charge in [0.15, 0.2) is 11.7 Å². The number of thiocarbonyl (C=S) groups is 1. The van der Waals surface area contributed by atoms with Gasteiger partial charge >= 0.3 is 0 Å². The Morgan fingerprint density at radius 2 is 1.93 bits per heavy atom. The van der Waals surface area contributed by atoms with E-state index in [1.165, 1.54) is 0 Å². The molecule has 30 heavy (non-hydrogen) atoms. The van der Waals surface area contributed by atoms with E-state index in [1.807, 2.05) is 24.3 Å². The predicted octanol–water partition coefficient (Wildman–Crippen LogP) is 5.30. The van der Waals surface area contributed by atoms with Crippen LogP contribution >= 0.6 is 44.1 Å². The second kappa shape index (κ2) is 9.45. The molecular formula is C19H12Br2FN3O4S. The molecule has 3 aromatic carbocycles. The molecule has 0 spiro atoms. The molecular weight excluding hydrogens is 545 g/mol. The van der Waals surface area contributed by atoms with Crippen molar-refractivity contribution < 1.29 is 18.8 Å². The molecule has 0 fully saturated rings. The number of ether oxygens (including phenoxy) is 1. The maximum Gasteiger partial charge on any atom is 0.271 e. The van der Waals surface area contributed by atoms with E-state index in [1.54, 1.807) is 6.07 Å². The molecule has 0 heterocycles. The summed E-state index contributed by atoms with van der Waals surface area (Å²) in [5, 5.41) is 17.2. The fourth-order valence-electron chi connectivity index (χ4n) is 2.54. The van der Waals surface area contributed by atoms with E-state index in [0.717, 1.165) is 33.4 Å². The second-order valence-electron chi connectivity index (χ2n) is 5.96. The monoisotopic (exact) mass is 555 g/mol. The standard InChI is InChI=1S/C19H12Br2FN3O4S/c20-11-2-4-13-10(7-11)1-6-16(18(13)21)29-9-17(26)24-19(30)23-15-8-12(25(27)28)3-5-14(15)22/h1-8H,9H2,(H2,23,24,26,30). The zero-order valence-corrected chi connectivity index (χ0v) is 18.9. The first-order valence-electron chi connectivity index (χ1n) is 8.30. The van der Waals surface area contributed by atoms with Crippen molar-refractivity contribution in [3.8, 4) is 5.75 Å². The van der Waals surface area contributed by atoms with Gasteiger partial charge in [-0.15, -0.1) is 0 Å². The fraction of sp³-hybridized carbons (Fsp3) is 0.0526. The number of benzene rings is 3. The van der Waals surface area contributed by atoms with E-state index >= 15 is 0 Å². The van der Waals surface area contributed by atoms with Gasteiger partial charge in [-0.25, -0.2) is 4.39 Å². The van der Waals surface area contributed by atoms with E-state index < -0.39 is 16.6 Å². The zero-order chi connectivity index (χ0) is 21.8. The van der Waals surface area contributed by atoms with Gasteiger partial charge in [0.25, 0.3) is 11.6 Å². The fourth-order valence-corrected chi connectivity index (χ4v) is 3.75. The van der Waals surface area contributed by atoms with E-state index in [2.05, 4.69) is 42.5 Å². The number of hydrogen-bond donors (Lipinski definition) is 2. The highest BCUT2D eigenvalue weighted by Crippen LogP contribution is 2.34. The van der Waals surface area contributed by atoms with Gasteiger partial charge in [0.2, 0.25) is 0 Å². The zero-order valence-electron chi connectivity index (χ0n) is 14.9. The van der Waals surface area contributed by atoms with Gasteiger partial charge in [0, 0.05) is 16.6 Å². The van der Waals surface area contributed by atoms with Crippen molar-refractivity contribution in [3.05, 3.63) is 73.4 Å². The van der Waals surface area contributed by atoms with E-state index in [9.17, 15) is 19.3 Å². The van der Waals surface area contributed by atoms with Crippen LogP contribution in [0.2, 0.25) is 0 Å². The number of fused-ring (bicyclic) bond motifs is 1. The Labute approximate surface area is 192 Å². The minimum absolute atomic E-state index is 0.217. The number of non-ortho nitro benzene ring substituents is 1. The minimum atomic E-state index is -0.750. The maximum atomic E-state index is 13.8. The van der Waals surface area contributed by atoms with E-state index in [4.69, 9.17) is 17.0 Å². The highest BCUT2D eigenvalue weighted by atomic mass is 79.9. The van der Waals surface area contributed by atoms with Crippen LogP contribution in [-0.4, -0.2) is 22.5 Å². The largest absolute Gasteiger partial charge is 0.483 e. The third kappa shape index (κ3) is 5.29. The number of carbonyl (C=O) groups excluding carboxylic acids is 1. The first-order valence-corrected chi connectivity index (χ1v) is 10.3. The molecule has 0 aliphatic rings. The summed E-state index contributed by atoms with van der Waals surface area (Å²) >= 11 is 11.8. The highest BCUT2D eigenvalue weighted by molar-refractivity contribution is 9.11. The SMILES string of the molecule is O=C(COc1ccc2cc(Br)ccc2c1Br)NC(=S)Nc1cc([N+](=O)[O-])ccc1F. The van der Waals surface area contributed by atoms with Gasteiger partial charge in [-0.2, -0.15) is 0 Å². The van der Waals surface area contributed by atoms with Crippen LogP contribution in [0.5, 0.6) is 5.75 Å². The number of amides is 1. The van der Waals surface area contributed by atoms with Crippen LogP contribution in [0.1, 0.15) is 0 Å². The van der Waals surface area contributed by atoms with Gasteiger partial charge in [0.05, 0.1) is 15.1 Å². The third-order valence-electron chi connectivity index (χ3n) is 3.90. The molecule has 3 aromatic rings. The van der Waals surface area contributed by atoms with Crippen LogP contribution in [0.15, 0.2) is 57.5 Å².